The van der Waals surface area contributed by atoms with Crippen LogP contribution < -0.4 is 10.5 Å². The van der Waals surface area contributed by atoms with Crippen LogP contribution in [0, 0.1) is 13.8 Å². The Bertz CT molecular complexity index is 363. The highest BCUT2D eigenvalue weighted by Crippen LogP contribution is 2.36. The van der Waals surface area contributed by atoms with Gasteiger partial charge in [-0.3, -0.25) is 0 Å². The van der Waals surface area contributed by atoms with E-state index in [-0.39, 0.29) is 6.04 Å². The summed E-state index contributed by atoms with van der Waals surface area (Å²) in [6.07, 6.45) is 0.910. The Kier molecular flexibility index (Phi) is 4.17. The number of rotatable bonds is 3. The summed E-state index contributed by atoms with van der Waals surface area (Å²) >= 11 is 3.55. The molecular formula is C12H18BrNO. The normalized spacial score (nSPS) is 12.7. The molecule has 0 aliphatic heterocycles. The van der Waals surface area contributed by atoms with E-state index in [1.165, 1.54) is 5.56 Å². The smallest absolute Gasteiger partial charge is 0.126 e. The van der Waals surface area contributed by atoms with E-state index in [2.05, 4.69) is 35.8 Å². The topological polar surface area (TPSA) is 35.2 Å². The van der Waals surface area contributed by atoms with Gasteiger partial charge in [-0.25, -0.2) is 0 Å². The van der Waals surface area contributed by atoms with Crippen molar-refractivity contribution in [2.24, 2.45) is 5.73 Å². The molecule has 1 rings (SSSR count). The fourth-order valence-electron chi connectivity index (χ4n) is 1.80. The maximum atomic E-state index is 6.11. The van der Waals surface area contributed by atoms with Crippen LogP contribution in [0.15, 0.2) is 10.5 Å². The molecule has 0 aliphatic rings. The number of halogens is 1. The zero-order valence-corrected chi connectivity index (χ0v) is 11.3. The molecule has 0 spiro atoms. The molecule has 1 aromatic rings. The maximum absolute atomic E-state index is 6.11. The number of benzene rings is 1. The number of methoxy groups -OCH3 is 1. The minimum atomic E-state index is 0.0381. The number of aryl methyl sites for hydroxylation is 1. The highest BCUT2D eigenvalue weighted by Gasteiger charge is 2.17. The summed E-state index contributed by atoms with van der Waals surface area (Å²) < 4.78 is 6.53. The average molecular weight is 272 g/mol. The van der Waals surface area contributed by atoms with E-state index in [0.717, 1.165) is 27.8 Å². The summed E-state index contributed by atoms with van der Waals surface area (Å²) in [7, 11) is 1.70. The number of nitrogens with two attached hydrogens (primary N) is 1. The highest BCUT2D eigenvalue weighted by atomic mass is 79.9. The molecule has 0 saturated carbocycles. The molecule has 1 atom stereocenters. The van der Waals surface area contributed by atoms with Crippen LogP contribution in [0.4, 0.5) is 0 Å². The molecule has 0 unspecified atom stereocenters. The van der Waals surface area contributed by atoms with Gasteiger partial charge in [-0.1, -0.05) is 22.9 Å². The van der Waals surface area contributed by atoms with E-state index < -0.39 is 0 Å². The van der Waals surface area contributed by atoms with Crippen molar-refractivity contribution in [1.82, 2.24) is 0 Å². The van der Waals surface area contributed by atoms with Crippen LogP contribution in [-0.2, 0) is 0 Å². The zero-order chi connectivity index (χ0) is 11.6. The summed E-state index contributed by atoms with van der Waals surface area (Å²) in [6.45, 7) is 6.19. The van der Waals surface area contributed by atoms with Crippen molar-refractivity contribution in [2.45, 2.75) is 33.2 Å². The fourth-order valence-corrected chi connectivity index (χ4v) is 2.35. The lowest BCUT2D eigenvalue weighted by Crippen LogP contribution is -2.13. The Morgan fingerprint density at radius 2 is 2.07 bits per heavy atom. The van der Waals surface area contributed by atoms with Crippen molar-refractivity contribution in [3.63, 3.8) is 0 Å². The van der Waals surface area contributed by atoms with E-state index in [0.29, 0.717) is 0 Å². The van der Waals surface area contributed by atoms with Crippen LogP contribution in [0.3, 0.4) is 0 Å². The van der Waals surface area contributed by atoms with Gasteiger partial charge in [-0.05, 0) is 37.5 Å². The minimum absolute atomic E-state index is 0.0381. The Labute approximate surface area is 99.9 Å². The van der Waals surface area contributed by atoms with Gasteiger partial charge in [0.15, 0.2) is 0 Å². The van der Waals surface area contributed by atoms with Crippen LogP contribution in [0.5, 0.6) is 5.75 Å². The number of ether oxygens (including phenoxy) is 1. The molecule has 0 bridgehead atoms. The summed E-state index contributed by atoms with van der Waals surface area (Å²) in [5, 5.41) is 0. The van der Waals surface area contributed by atoms with Gasteiger partial charge in [-0.15, -0.1) is 0 Å². The second kappa shape index (κ2) is 4.99. The van der Waals surface area contributed by atoms with E-state index in [1.807, 2.05) is 6.92 Å². The van der Waals surface area contributed by atoms with E-state index >= 15 is 0 Å². The Morgan fingerprint density at radius 3 is 2.53 bits per heavy atom. The fraction of sp³-hybridized carbons (Fsp3) is 0.500. The monoisotopic (exact) mass is 271 g/mol. The third-order valence-corrected chi connectivity index (χ3v) is 3.55. The SMILES string of the molecule is CC[C@H](N)c1c(C)c(Br)cc(C)c1OC. The molecule has 0 heterocycles. The van der Waals surface area contributed by atoms with Crippen molar-refractivity contribution in [3.05, 3.63) is 27.2 Å². The van der Waals surface area contributed by atoms with E-state index in [1.54, 1.807) is 7.11 Å². The molecule has 15 heavy (non-hydrogen) atoms. The van der Waals surface area contributed by atoms with Gasteiger partial charge in [0.05, 0.1) is 7.11 Å². The molecule has 1 aromatic carbocycles. The second-order valence-electron chi connectivity index (χ2n) is 3.76. The first kappa shape index (κ1) is 12.5. The second-order valence-corrected chi connectivity index (χ2v) is 4.62. The Hall–Kier alpha value is -0.540. The Balaban J connectivity index is 3.43. The largest absolute Gasteiger partial charge is 0.496 e. The molecule has 0 aliphatic carbocycles. The van der Waals surface area contributed by atoms with Gasteiger partial charge in [0.2, 0.25) is 0 Å². The van der Waals surface area contributed by atoms with Gasteiger partial charge in [0, 0.05) is 16.1 Å². The number of hydrogen-bond acceptors (Lipinski definition) is 2. The van der Waals surface area contributed by atoms with Crippen molar-refractivity contribution >= 4 is 15.9 Å². The molecule has 2 N–H and O–H groups in total. The molecule has 84 valence electrons. The summed E-state index contributed by atoms with van der Waals surface area (Å²) in [6, 6.07) is 2.11. The van der Waals surface area contributed by atoms with Gasteiger partial charge in [0.1, 0.15) is 5.75 Å². The van der Waals surface area contributed by atoms with Crippen LogP contribution in [0.2, 0.25) is 0 Å². The third-order valence-electron chi connectivity index (χ3n) is 2.72. The highest BCUT2D eigenvalue weighted by molar-refractivity contribution is 9.10. The quantitative estimate of drug-likeness (QED) is 0.914. The minimum Gasteiger partial charge on any atom is -0.496 e. The predicted octanol–water partition coefficient (Wildman–Crippen LogP) is 3.48. The third kappa shape index (κ3) is 2.34. The van der Waals surface area contributed by atoms with Gasteiger partial charge < -0.3 is 10.5 Å². The van der Waals surface area contributed by atoms with Crippen molar-refractivity contribution < 1.29 is 4.74 Å². The molecule has 0 fully saturated rings. The van der Waals surface area contributed by atoms with Crippen LogP contribution in [-0.4, -0.2) is 7.11 Å². The molecule has 3 heteroatoms. The molecule has 0 amide bonds. The lowest BCUT2D eigenvalue weighted by molar-refractivity contribution is 0.401. The summed E-state index contributed by atoms with van der Waals surface area (Å²) in [5.74, 6) is 0.921. The molecule has 2 nitrogen and oxygen atoms in total. The molecule has 0 aromatic heterocycles. The van der Waals surface area contributed by atoms with E-state index in [9.17, 15) is 0 Å². The average Bonchev–Trinajstić information content (AvgIpc) is 2.21. The van der Waals surface area contributed by atoms with Crippen LogP contribution >= 0.6 is 15.9 Å². The first-order chi connectivity index (χ1) is 7.02. The summed E-state index contributed by atoms with van der Waals surface area (Å²) in [4.78, 5) is 0. The van der Waals surface area contributed by atoms with Crippen molar-refractivity contribution in [1.29, 1.82) is 0 Å². The lowest BCUT2D eigenvalue weighted by atomic mass is 9.96. The predicted molar refractivity (Wildman–Crippen MR) is 67.4 cm³/mol. The standard InChI is InChI=1S/C12H18BrNO/c1-5-10(14)11-8(3)9(13)6-7(2)12(11)15-4/h6,10H,5,14H2,1-4H3/t10-/m0/s1. The van der Waals surface area contributed by atoms with Gasteiger partial charge in [0.25, 0.3) is 0 Å². The summed E-state index contributed by atoms with van der Waals surface area (Å²) in [5.41, 5.74) is 9.52. The van der Waals surface area contributed by atoms with Gasteiger partial charge >= 0.3 is 0 Å². The van der Waals surface area contributed by atoms with Gasteiger partial charge in [-0.2, -0.15) is 0 Å². The molecular weight excluding hydrogens is 254 g/mol. The molecule has 0 saturated heterocycles. The molecule has 0 radical (unpaired) electrons. The Morgan fingerprint density at radius 1 is 1.47 bits per heavy atom. The van der Waals surface area contributed by atoms with E-state index in [4.69, 9.17) is 10.5 Å². The first-order valence-corrected chi connectivity index (χ1v) is 5.91. The lowest BCUT2D eigenvalue weighted by Gasteiger charge is -2.20. The number of hydrogen-bond donors (Lipinski definition) is 1. The maximum Gasteiger partial charge on any atom is 0.126 e. The zero-order valence-electron chi connectivity index (χ0n) is 9.73. The van der Waals surface area contributed by atoms with Crippen molar-refractivity contribution in [3.8, 4) is 5.75 Å². The van der Waals surface area contributed by atoms with Crippen LogP contribution in [0.25, 0.3) is 0 Å². The van der Waals surface area contributed by atoms with Crippen LogP contribution in [0.1, 0.15) is 36.1 Å². The van der Waals surface area contributed by atoms with Crippen molar-refractivity contribution in [2.75, 3.05) is 7.11 Å². The first-order valence-electron chi connectivity index (χ1n) is 5.12.